The molecule has 1 heterocycles. The van der Waals surface area contributed by atoms with E-state index in [-0.39, 0.29) is 4.90 Å². The zero-order chi connectivity index (χ0) is 15.5. The van der Waals surface area contributed by atoms with Gasteiger partial charge in [-0.2, -0.15) is 4.31 Å². The summed E-state index contributed by atoms with van der Waals surface area (Å²) in [6.07, 6.45) is 5.04. The van der Waals surface area contributed by atoms with Gasteiger partial charge in [0.15, 0.2) is 0 Å². The first kappa shape index (κ1) is 15.7. The third-order valence-electron chi connectivity index (χ3n) is 3.56. The molecular weight excluding hydrogens is 290 g/mol. The number of benzene rings is 1. The number of aliphatic carboxylic acids is 1. The highest BCUT2D eigenvalue weighted by atomic mass is 32.2. The number of hydrogen-bond donors (Lipinski definition) is 0. The number of carboxylic acids is 1. The zero-order valence-corrected chi connectivity index (χ0v) is 12.7. The van der Waals surface area contributed by atoms with Crippen molar-refractivity contribution in [3.8, 4) is 0 Å². The predicted molar refractivity (Wildman–Crippen MR) is 77.8 cm³/mol. The smallest absolute Gasteiger partial charge is 0.243 e. The van der Waals surface area contributed by atoms with Crippen LogP contribution >= 0.6 is 0 Å². The lowest BCUT2D eigenvalue weighted by Crippen LogP contribution is -2.35. The number of aryl methyl sites for hydroxylation is 1. The predicted octanol–water partition coefficient (Wildman–Crippen LogP) is 0.933. The first-order valence-electron chi connectivity index (χ1n) is 6.91. The van der Waals surface area contributed by atoms with E-state index in [1.165, 1.54) is 16.4 Å². The van der Waals surface area contributed by atoms with Crippen LogP contribution in [0, 0.1) is 6.92 Å². The molecule has 1 fully saturated rings. The molecule has 6 heteroatoms. The van der Waals surface area contributed by atoms with Gasteiger partial charge in [-0.05, 0) is 43.0 Å². The van der Waals surface area contributed by atoms with Crippen molar-refractivity contribution in [2.75, 3.05) is 13.1 Å². The van der Waals surface area contributed by atoms with Gasteiger partial charge in [0.2, 0.25) is 10.0 Å². The van der Waals surface area contributed by atoms with Gasteiger partial charge in [-0.3, -0.25) is 0 Å². The molecule has 0 amide bonds. The molecule has 0 unspecified atom stereocenters. The van der Waals surface area contributed by atoms with Crippen molar-refractivity contribution in [1.29, 1.82) is 0 Å². The third-order valence-corrected chi connectivity index (χ3v) is 5.60. The molecule has 114 valence electrons. The average molecular weight is 308 g/mol. The molecule has 0 aromatic heterocycles. The summed E-state index contributed by atoms with van der Waals surface area (Å²) >= 11 is 0. The maximum Gasteiger partial charge on any atom is 0.243 e. The third kappa shape index (κ3) is 3.71. The average Bonchev–Trinajstić information content (AvgIpc) is 2.47. The summed E-state index contributed by atoms with van der Waals surface area (Å²) in [6.45, 7) is 2.82. The Morgan fingerprint density at radius 3 is 2.52 bits per heavy atom. The Kier molecular flexibility index (Phi) is 4.80. The fourth-order valence-electron chi connectivity index (χ4n) is 2.41. The van der Waals surface area contributed by atoms with Crippen LogP contribution < -0.4 is 5.11 Å². The van der Waals surface area contributed by atoms with Gasteiger partial charge in [-0.25, -0.2) is 8.42 Å². The van der Waals surface area contributed by atoms with Crippen molar-refractivity contribution in [3.63, 3.8) is 0 Å². The molecule has 0 atom stereocenters. The normalized spacial score (nSPS) is 17.2. The van der Waals surface area contributed by atoms with E-state index in [1.54, 1.807) is 19.1 Å². The number of rotatable bonds is 4. The van der Waals surface area contributed by atoms with Crippen LogP contribution in [0.2, 0.25) is 0 Å². The number of sulfonamides is 1. The highest BCUT2D eigenvalue weighted by Crippen LogP contribution is 2.24. The van der Waals surface area contributed by atoms with Crippen molar-refractivity contribution in [2.45, 2.75) is 31.1 Å². The maximum absolute atomic E-state index is 12.7. The molecule has 0 aliphatic carbocycles. The molecule has 1 aromatic rings. The molecule has 0 saturated carbocycles. The van der Waals surface area contributed by atoms with Crippen molar-refractivity contribution >= 4 is 22.1 Å². The largest absolute Gasteiger partial charge is 0.545 e. The SMILES string of the molecule is Cc1ccc(/C=C/C(=O)[O-])cc1S(=O)(=O)N1CCCCC1. The van der Waals surface area contributed by atoms with Crippen LogP contribution in [0.25, 0.3) is 6.08 Å². The molecule has 1 aromatic carbocycles. The number of hydrogen-bond acceptors (Lipinski definition) is 4. The first-order valence-corrected chi connectivity index (χ1v) is 8.35. The van der Waals surface area contributed by atoms with E-state index in [4.69, 9.17) is 0 Å². The second-order valence-corrected chi connectivity index (χ2v) is 7.05. The highest BCUT2D eigenvalue weighted by Gasteiger charge is 2.27. The van der Waals surface area contributed by atoms with Crippen molar-refractivity contribution in [1.82, 2.24) is 4.31 Å². The minimum absolute atomic E-state index is 0.241. The number of nitrogens with zero attached hydrogens (tertiary/aromatic N) is 1. The molecular formula is C15H18NO4S-. The molecule has 21 heavy (non-hydrogen) atoms. The van der Waals surface area contributed by atoms with Gasteiger partial charge in [0, 0.05) is 13.1 Å². The van der Waals surface area contributed by atoms with Gasteiger partial charge in [-0.15, -0.1) is 0 Å². The summed E-state index contributed by atoms with van der Waals surface area (Å²) in [4.78, 5) is 10.7. The Labute approximate surface area is 124 Å². The summed E-state index contributed by atoms with van der Waals surface area (Å²) in [7, 11) is -3.52. The van der Waals surface area contributed by atoms with Gasteiger partial charge in [-0.1, -0.05) is 24.6 Å². The molecule has 2 rings (SSSR count). The standard InChI is InChI=1S/C15H19NO4S/c1-12-5-6-13(7-8-15(17)18)11-14(12)21(19,20)16-9-3-2-4-10-16/h5-8,11H,2-4,9-10H2,1H3,(H,17,18)/p-1/b8-7+. The first-order chi connectivity index (χ1) is 9.91. The molecule has 1 saturated heterocycles. The number of carbonyl (C=O) groups is 1. The monoisotopic (exact) mass is 308 g/mol. The Morgan fingerprint density at radius 1 is 1.24 bits per heavy atom. The second-order valence-electron chi connectivity index (χ2n) is 5.14. The van der Waals surface area contributed by atoms with Crippen molar-refractivity contribution < 1.29 is 18.3 Å². The van der Waals surface area contributed by atoms with Gasteiger partial charge in [0.05, 0.1) is 10.9 Å². The van der Waals surface area contributed by atoms with E-state index >= 15 is 0 Å². The molecule has 1 aliphatic rings. The fraction of sp³-hybridized carbons (Fsp3) is 0.400. The summed E-state index contributed by atoms with van der Waals surface area (Å²) in [5.74, 6) is -1.31. The molecule has 0 bridgehead atoms. The summed E-state index contributed by atoms with van der Waals surface area (Å²) < 4.78 is 26.8. The second kappa shape index (κ2) is 6.41. The van der Waals surface area contributed by atoms with E-state index < -0.39 is 16.0 Å². The molecule has 0 radical (unpaired) electrons. The number of carboxylic acid groups (broad SMARTS) is 1. The van der Waals surface area contributed by atoms with Crippen LogP contribution in [0.4, 0.5) is 0 Å². The zero-order valence-electron chi connectivity index (χ0n) is 11.9. The maximum atomic E-state index is 12.7. The fourth-order valence-corrected chi connectivity index (χ4v) is 4.18. The Bertz CT molecular complexity index is 658. The summed E-state index contributed by atoms with van der Waals surface area (Å²) in [5.41, 5.74) is 1.19. The molecule has 1 aliphatic heterocycles. The van der Waals surface area contributed by atoms with Crippen LogP contribution in [-0.2, 0) is 14.8 Å². The minimum Gasteiger partial charge on any atom is -0.545 e. The molecule has 5 nitrogen and oxygen atoms in total. The van der Waals surface area contributed by atoms with Crippen molar-refractivity contribution in [2.24, 2.45) is 0 Å². The molecule has 0 spiro atoms. The van der Waals surface area contributed by atoms with E-state index in [2.05, 4.69) is 0 Å². The number of piperidine rings is 1. The Hall–Kier alpha value is -1.66. The van der Waals surface area contributed by atoms with Crippen LogP contribution in [0.15, 0.2) is 29.2 Å². The van der Waals surface area contributed by atoms with Crippen LogP contribution in [0.3, 0.4) is 0 Å². The summed E-state index contributed by atoms with van der Waals surface area (Å²) in [5, 5.41) is 10.4. The lowest BCUT2D eigenvalue weighted by molar-refractivity contribution is -0.297. The Balaban J connectivity index is 2.37. The highest BCUT2D eigenvalue weighted by molar-refractivity contribution is 7.89. The van der Waals surface area contributed by atoms with Crippen LogP contribution in [0.5, 0.6) is 0 Å². The minimum atomic E-state index is -3.52. The summed E-state index contributed by atoms with van der Waals surface area (Å²) in [6, 6.07) is 4.88. The van der Waals surface area contributed by atoms with Gasteiger partial charge < -0.3 is 9.90 Å². The van der Waals surface area contributed by atoms with E-state index in [1.807, 2.05) is 0 Å². The molecule has 0 N–H and O–H groups in total. The Morgan fingerprint density at radius 2 is 1.90 bits per heavy atom. The van der Waals surface area contributed by atoms with Crippen LogP contribution in [-0.4, -0.2) is 31.8 Å². The van der Waals surface area contributed by atoms with Gasteiger partial charge in [0.25, 0.3) is 0 Å². The van der Waals surface area contributed by atoms with E-state index in [0.29, 0.717) is 24.2 Å². The van der Waals surface area contributed by atoms with E-state index in [9.17, 15) is 18.3 Å². The quantitative estimate of drug-likeness (QED) is 0.775. The lowest BCUT2D eigenvalue weighted by Gasteiger charge is -2.26. The lowest BCUT2D eigenvalue weighted by atomic mass is 10.1. The van der Waals surface area contributed by atoms with Crippen LogP contribution in [0.1, 0.15) is 30.4 Å². The van der Waals surface area contributed by atoms with Crippen molar-refractivity contribution in [3.05, 3.63) is 35.4 Å². The van der Waals surface area contributed by atoms with Gasteiger partial charge >= 0.3 is 0 Å². The number of carbonyl (C=O) groups excluding carboxylic acids is 1. The topological polar surface area (TPSA) is 77.5 Å². The van der Waals surface area contributed by atoms with E-state index in [0.717, 1.165) is 25.3 Å². The van der Waals surface area contributed by atoms with Gasteiger partial charge in [0.1, 0.15) is 0 Å².